The number of hydrogen-bond donors (Lipinski definition) is 3. The van der Waals surface area contributed by atoms with Gasteiger partial charge in [-0.3, -0.25) is 14.8 Å². The number of ketones is 1. The first-order valence-corrected chi connectivity index (χ1v) is 10.8. The third-order valence-corrected chi connectivity index (χ3v) is 6.26. The molecule has 0 radical (unpaired) electrons. The molecule has 5 rings (SSSR count). The van der Waals surface area contributed by atoms with Crippen molar-refractivity contribution in [1.82, 2.24) is 20.0 Å². The number of amides is 1. The van der Waals surface area contributed by atoms with E-state index in [4.69, 9.17) is 9.84 Å². The van der Waals surface area contributed by atoms with Gasteiger partial charge in [-0.15, -0.1) is 0 Å². The number of phenols is 1. The molecule has 3 aromatic rings. The second kappa shape index (κ2) is 7.95. The maximum atomic E-state index is 13.0. The van der Waals surface area contributed by atoms with Crippen LogP contribution >= 0.6 is 15.9 Å². The van der Waals surface area contributed by atoms with E-state index < -0.39 is 6.09 Å². The second-order valence-electron chi connectivity index (χ2n) is 7.72. The van der Waals surface area contributed by atoms with Gasteiger partial charge in [0, 0.05) is 48.7 Å². The lowest BCUT2D eigenvalue weighted by Gasteiger charge is -2.33. The quantitative estimate of drug-likeness (QED) is 0.473. The summed E-state index contributed by atoms with van der Waals surface area (Å²) in [6.07, 6.45) is 0.662. The van der Waals surface area contributed by atoms with Crippen molar-refractivity contribution >= 4 is 44.8 Å². The minimum absolute atomic E-state index is 0.0348. The third-order valence-electron chi connectivity index (χ3n) is 5.76. The summed E-state index contributed by atoms with van der Waals surface area (Å²) < 4.78 is 6.83. The highest BCUT2D eigenvalue weighted by Gasteiger charge is 2.32. The number of Topliss-reactive ketones (excluding diaryl/α,β-unsaturated/α-hetero) is 1. The van der Waals surface area contributed by atoms with Crippen LogP contribution in [0.15, 0.2) is 40.6 Å². The zero-order valence-electron chi connectivity index (χ0n) is 16.8. The number of aromatic hydroxyl groups is 1. The van der Waals surface area contributed by atoms with Gasteiger partial charge < -0.3 is 19.8 Å². The largest absolute Gasteiger partial charge is 0.507 e. The molecule has 3 N–H and O–H groups in total. The second-order valence-corrected chi connectivity index (χ2v) is 8.64. The number of ether oxygens (including phenoxy) is 1. The number of carbonyl (C=O) groups excluding carboxylic acids is 1. The van der Waals surface area contributed by atoms with E-state index in [1.807, 2.05) is 23.1 Å². The molecule has 0 saturated carbocycles. The maximum Gasteiger partial charge on any atom is 0.407 e. The number of halogens is 1. The fraction of sp³-hybridized carbons (Fsp3) is 0.227. The number of carbonyl (C=O) groups is 2. The molecule has 9 nitrogen and oxygen atoms in total. The molecule has 10 heteroatoms. The zero-order chi connectivity index (χ0) is 22.4. The Morgan fingerprint density at radius 2 is 2.00 bits per heavy atom. The Bertz CT molecular complexity index is 1280. The molecule has 0 atom stereocenters. The number of nitrogens with one attached hydrogen (secondary N) is 1. The molecular formula is C22H19BrN4O5. The molecule has 0 spiro atoms. The highest BCUT2D eigenvalue weighted by molar-refractivity contribution is 9.10. The average molecular weight is 499 g/mol. The number of H-pyrrole nitrogens is 1. The molecule has 1 aromatic heterocycles. The number of aromatic amines is 1. The van der Waals surface area contributed by atoms with Gasteiger partial charge in [-0.05, 0) is 30.3 Å². The highest BCUT2D eigenvalue weighted by atomic mass is 79.9. The first-order chi connectivity index (χ1) is 15.4. The van der Waals surface area contributed by atoms with Crippen molar-refractivity contribution < 1.29 is 24.5 Å². The van der Waals surface area contributed by atoms with Crippen LogP contribution in [0.3, 0.4) is 0 Å². The van der Waals surface area contributed by atoms with Gasteiger partial charge in [-0.2, -0.15) is 5.10 Å². The summed E-state index contributed by atoms with van der Waals surface area (Å²) >= 11 is 3.45. The number of benzene rings is 2. The van der Waals surface area contributed by atoms with E-state index in [2.05, 4.69) is 26.1 Å². The van der Waals surface area contributed by atoms with Gasteiger partial charge in [0.1, 0.15) is 11.5 Å². The number of allylic oxidation sites excluding steroid dienone is 1. The Kier molecular flexibility index (Phi) is 5.10. The van der Waals surface area contributed by atoms with Crippen LogP contribution < -0.4 is 4.74 Å². The molecule has 2 aliphatic heterocycles. The number of rotatable bonds is 3. The molecule has 0 unspecified atom stereocenters. The van der Waals surface area contributed by atoms with Gasteiger partial charge in [0.2, 0.25) is 5.78 Å². The fourth-order valence-electron chi connectivity index (χ4n) is 4.01. The topological polar surface area (TPSA) is 119 Å². The summed E-state index contributed by atoms with van der Waals surface area (Å²) in [5.41, 5.74) is 2.31. The standard InChI is InChI=1S/C22H19BrN4O5/c23-12-1-3-16-14(9-12)17(25-24-16)10-19-20(29)13-2-4-18(28)15(21(13)32-19)11-26-5-7-27(8-6-26)22(30)31/h1-4,9-10,28H,5-8,11H2,(H,24,25)(H,30,31)/b19-10-. The van der Waals surface area contributed by atoms with Crippen LogP contribution in [0.2, 0.25) is 0 Å². The van der Waals surface area contributed by atoms with Gasteiger partial charge in [-0.1, -0.05) is 15.9 Å². The third kappa shape index (κ3) is 3.61. The summed E-state index contributed by atoms with van der Waals surface area (Å²) in [5.74, 6) is 0.231. The Hall–Kier alpha value is -3.37. The number of fused-ring (bicyclic) bond motifs is 2. The maximum absolute atomic E-state index is 13.0. The van der Waals surface area contributed by atoms with E-state index in [1.54, 1.807) is 12.1 Å². The number of carboxylic acid groups (broad SMARTS) is 1. The molecule has 2 aliphatic rings. The van der Waals surface area contributed by atoms with E-state index in [9.17, 15) is 14.7 Å². The van der Waals surface area contributed by atoms with Crippen molar-refractivity contribution in [3.05, 3.63) is 57.4 Å². The zero-order valence-corrected chi connectivity index (χ0v) is 18.4. The Balaban J connectivity index is 1.43. The number of nitrogens with zero attached hydrogens (tertiary/aromatic N) is 3. The van der Waals surface area contributed by atoms with E-state index >= 15 is 0 Å². The van der Waals surface area contributed by atoms with Crippen molar-refractivity contribution in [2.45, 2.75) is 6.54 Å². The first kappa shape index (κ1) is 20.5. The van der Waals surface area contributed by atoms with Crippen LogP contribution in [0.1, 0.15) is 21.6 Å². The Labute approximate surface area is 191 Å². The van der Waals surface area contributed by atoms with Crippen LogP contribution in [-0.2, 0) is 6.54 Å². The minimum Gasteiger partial charge on any atom is -0.507 e. The fourth-order valence-corrected chi connectivity index (χ4v) is 4.37. The number of phenolic OH excluding ortho intramolecular Hbond substituents is 1. The van der Waals surface area contributed by atoms with Crippen LogP contribution in [0.5, 0.6) is 11.5 Å². The summed E-state index contributed by atoms with van der Waals surface area (Å²) in [6.45, 7) is 2.18. The van der Waals surface area contributed by atoms with Crippen molar-refractivity contribution in [2.24, 2.45) is 0 Å². The van der Waals surface area contributed by atoms with Crippen molar-refractivity contribution in [3.8, 4) is 11.5 Å². The first-order valence-electron chi connectivity index (χ1n) is 10.0. The predicted octanol–water partition coefficient (Wildman–Crippen LogP) is 3.44. The van der Waals surface area contributed by atoms with Gasteiger partial charge in [0.05, 0.1) is 22.3 Å². The number of aromatic nitrogens is 2. The van der Waals surface area contributed by atoms with Crippen LogP contribution in [0.25, 0.3) is 17.0 Å². The van der Waals surface area contributed by atoms with E-state index in [1.165, 1.54) is 11.0 Å². The van der Waals surface area contributed by atoms with Crippen LogP contribution in [-0.4, -0.2) is 68.3 Å². The predicted molar refractivity (Wildman–Crippen MR) is 120 cm³/mol. The molecule has 1 saturated heterocycles. The summed E-state index contributed by atoms with van der Waals surface area (Å²) in [4.78, 5) is 27.5. The molecular weight excluding hydrogens is 480 g/mol. The average Bonchev–Trinajstić information content (AvgIpc) is 3.31. The molecule has 2 aromatic carbocycles. The van der Waals surface area contributed by atoms with E-state index in [0.29, 0.717) is 55.3 Å². The Morgan fingerprint density at radius 1 is 1.22 bits per heavy atom. The van der Waals surface area contributed by atoms with Crippen LogP contribution in [0.4, 0.5) is 4.79 Å². The lowest BCUT2D eigenvalue weighted by atomic mass is 10.0. The summed E-state index contributed by atoms with van der Waals surface area (Å²) in [6, 6.07) is 8.74. The Morgan fingerprint density at radius 3 is 2.75 bits per heavy atom. The molecule has 1 amide bonds. The van der Waals surface area contributed by atoms with Gasteiger partial charge in [0.15, 0.2) is 5.76 Å². The summed E-state index contributed by atoms with van der Waals surface area (Å²) in [7, 11) is 0. The van der Waals surface area contributed by atoms with E-state index in [-0.39, 0.29) is 17.3 Å². The molecule has 0 bridgehead atoms. The van der Waals surface area contributed by atoms with Crippen LogP contribution in [0, 0.1) is 0 Å². The lowest BCUT2D eigenvalue weighted by molar-refractivity contribution is 0.101. The van der Waals surface area contributed by atoms with Gasteiger partial charge in [-0.25, -0.2) is 4.79 Å². The number of hydrogen-bond acceptors (Lipinski definition) is 6. The van der Waals surface area contributed by atoms with Gasteiger partial charge >= 0.3 is 6.09 Å². The normalized spacial score (nSPS) is 17.7. The van der Waals surface area contributed by atoms with Crippen molar-refractivity contribution in [2.75, 3.05) is 26.2 Å². The van der Waals surface area contributed by atoms with Crippen molar-refractivity contribution in [1.29, 1.82) is 0 Å². The smallest absolute Gasteiger partial charge is 0.407 e. The SMILES string of the molecule is O=C1/C(=C/c2n[nH]c3ccc(Br)cc23)Oc2c1ccc(O)c2CN1CCN(C(=O)O)CC1. The molecule has 32 heavy (non-hydrogen) atoms. The lowest BCUT2D eigenvalue weighted by Crippen LogP contribution is -2.47. The molecule has 0 aliphatic carbocycles. The van der Waals surface area contributed by atoms with E-state index in [0.717, 1.165) is 15.4 Å². The molecule has 1 fully saturated rings. The summed E-state index contributed by atoms with van der Waals surface area (Å²) in [5, 5.41) is 27.7. The minimum atomic E-state index is -0.935. The monoisotopic (exact) mass is 498 g/mol. The molecule has 164 valence electrons. The molecule has 3 heterocycles. The van der Waals surface area contributed by atoms with Gasteiger partial charge in [0.25, 0.3) is 0 Å². The number of piperazine rings is 1. The highest BCUT2D eigenvalue weighted by Crippen LogP contribution is 2.40. The van der Waals surface area contributed by atoms with Crippen molar-refractivity contribution in [3.63, 3.8) is 0 Å².